The molecule has 1 rings (SSSR count). The Labute approximate surface area is 98.1 Å². The molecule has 1 aromatic rings. The first-order valence-corrected chi connectivity index (χ1v) is 6.34. The van der Waals surface area contributed by atoms with Gasteiger partial charge in [-0.1, -0.05) is 20.8 Å². The van der Waals surface area contributed by atoms with E-state index in [1.807, 2.05) is 13.0 Å². The van der Waals surface area contributed by atoms with Gasteiger partial charge in [0.2, 0.25) is 0 Å². The summed E-state index contributed by atoms with van der Waals surface area (Å²) in [6.45, 7) is 8.58. The van der Waals surface area contributed by atoms with Crippen LogP contribution in [0.2, 0.25) is 0 Å². The largest absolute Gasteiger partial charge is 0.227 e. The Morgan fingerprint density at radius 2 is 1.93 bits per heavy atom. The molecule has 0 fully saturated rings. The van der Waals surface area contributed by atoms with E-state index in [9.17, 15) is 0 Å². The lowest BCUT2D eigenvalue weighted by molar-refractivity contribution is 0.641. The van der Waals surface area contributed by atoms with Crippen LogP contribution in [0.25, 0.3) is 0 Å². The van der Waals surface area contributed by atoms with Gasteiger partial charge >= 0.3 is 0 Å². The highest BCUT2D eigenvalue weighted by molar-refractivity contribution is 9.10. The molecular weight excluding hydrogens is 260 g/mol. The molecule has 1 aromatic heterocycles. The van der Waals surface area contributed by atoms with Gasteiger partial charge < -0.3 is 0 Å². The van der Waals surface area contributed by atoms with Crippen molar-refractivity contribution in [1.29, 1.82) is 0 Å². The summed E-state index contributed by atoms with van der Waals surface area (Å²) in [7, 11) is 0. The maximum absolute atomic E-state index is 4.38. The van der Waals surface area contributed by atoms with E-state index in [4.69, 9.17) is 0 Å². The molecule has 0 saturated heterocycles. The average molecular weight is 275 g/mol. The van der Waals surface area contributed by atoms with Crippen LogP contribution in [0.3, 0.4) is 0 Å². The first-order chi connectivity index (χ1) is 6.49. The lowest BCUT2D eigenvalue weighted by Crippen LogP contribution is -2.06. The van der Waals surface area contributed by atoms with Gasteiger partial charge in [-0.2, -0.15) is 0 Å². The van der Waals surface area contributed by atoms with Gasteiger partial charge in [0.05, 0.1) is 0 Å². The molecule has 1 unspecified atom stereocenters. The van der Waals surface area contributed by atoms with Crippen molar-refractivity contribution in [3.05, 3.63) is 16.5 Å². The molecule has 0 saturated carbocycles. The van der Waals surface area contributed by atoms with Gasteiger partial charge in [0.25, 0.3) is 0 Å². The molecule has 0 aliphatic heterocycles. The number of rotatable bonds is 3. The fourth-order valence-electron chi connectivity index (χ4n) is 0.892. The van der Waals surface area contributed by atoms with Crippen LogP contribution in [0, 0.1) is 12.8 Å². The normalized spacial score (nSPS) is 13.3. The minimum atomic E-state index is 0.580. The van der Waals surface area contributed by atoms with E-state index in [1.165, 1.54) is 0 Å². The van der Waals surface area contributed by atoms with Gasteiger partial charge in [-0.25, -0.2) is 9.97 Å². The fraction of sp³-hybridized carbons (Fsp3) is 0.600. The van der Waals surface area contributed by atoms with E-state index < -0.39 is 0 Å². The van der Waals surface area contributed by atoms with Crippen LogP contribution in [0.1, 0.15) is 26.6 Å². The molecule has 0 aliphatic carbocycles. The van der Waals surface area contributed by atoms with Crippen molar-refractivity contribution >= 4 is 27.7 Å². The summed E-state index contributed by atoms with van der Waals surface area (Å²) in [4.78, 5) is 8.56. The highest BCUT2D eigenvalue weighted by Gasteiger charge is 2.10. The molecule has 14 heavy (non-hydrogen) atoms. The van der Waals surface area contributed by atoms with E-state index >= 15 is 0 Å². The molecule has 2 nitrogen and oxygen atoms in total. The van der Waals surface area contributed by atoms with Crippen molar-refractivity contribution in [2.75, 3.05) is 0 Å². The Morgan fingerprint density at radius 3 is 2.43 bits per heavy atom. The highest BCUT2D eigenvalue weighted by Crippen LogP contribution is 2.27. The summed E-state index contributed by atoms with van der Waals surface area (Å²) < 4.78 is 0.864. The van der Waals surface area contributed by atoms with E-state index in [-0.39, 0.29) is 0 Å². The van der Waals surface area contributed by atoms with Gasteiger partial charge in [-0.3, -0.25) is 0 Å². The highest BCUT2D eigenvalue weighted by atomic mass is 79.9. The standard InChI is InChI=1S/C10H15BrN2S/c1-6(2)7(3)14-10-5-9(11)12-8(4)13-10/h5-7H,1-4H3. The average Bonchev–Trinajstić information content (AvgIpc) is 2.01. The lowest BCUT2D eigenvalue weighted by atomic mass is 10.2. The molecule has 1 atom stereocenters. The van der Waals surface area contributed by atoms with Crippen molar-refractivity contribution in [3.8, 4) is 0 Å². The fourth-order valence-corrected chi connectivity index (χ4v) is 2.53. The maximum atomic E-state index is 4.38. The first kappa shape index (κ1) is 12.0. The predicted molar refractivity (Wildman–Crippen MR) is 64.6 cm³/mol. The van der Waals surface area contributed by atoms with Crippen LogP contribution in [-0.2, 0) is 0 Å². The van der Waals surface area contributed by atoms with Crippen molar-refractivity contribution in [2.45, 2.75) is 38.0 Å². The topological polar surface area (TPSA) is 25.8 Å². The van der Waals surface area contributed by atoms with E-state index in [2.05, 4.69) is 46.7 Å². The number of halogens is 1. The maximum Gasteiger partial charge on any atom is 0.127 e. The molecule has 78 valence electrons. The molecule has 0 aliphatic rings. The Balaban J connectivity index is 2.76. The third-order valence-corrected chi connectivity index (χ3v) is 3.80. The molecule has 1 heterocycles. The second kappa shape index (κ2) is 5.12. The minimum Gasteiger partial charge on any atom is -0.227 e. The molecule has 0 spiro atoms. The van der Waals surface area contributed by atoms with E-state index in [0.29, 0.717) is 11.2 Å². The number of aryl methyl sites for hydroxylation is 1. The van der Waals surface area contributed by atoms with Crippen LogP contribution in [0.5, 0.6) is 0 Å². The third-order valence-electron chi connectivity index (χ3n) is 2.03. The molecule has 0 radical (unpaired) electrons. The van der Waals surface area contributed by atoms with Gasteiger partial charge in [0.1, 0.15) is 15.5 Å². The Morgan fingerprint density at radius 1 is 1.29 bits per heavy atom. The molecular formula is C10H15BrN2S. The van der Waals surface area contributed by atoms with Gasteiger partial charge in [0, 0.05) is 11.3 Å². The van der Waals surface area contributed by atoms with Gasteiger partial charge in [0.15, 0.2) is 0 Å². The van der Waals surface area contributed by atoms with Crippen LogP contribution in [0.4, 0.5) is 0 Å². The molecule has 0 aromatic carbocycles. The van der Waals surface area contributed by atoms with Crippen molar-refractivity contribution < 1.29 is 0 Å². The molecule has 4 heteroatoms. The van der Waals surface area contributed by atoms with E-state index in [1.54, 1.807) is 11.8 Å². The number of nitrogens with zero attached hydrogens (tertiary/aromatic N) is 2. The van der Waals surface area contributed by atoms with Gasteiger partial charge in [-0.15, -0.1) is 11.8 Å². The molecule has 0 bridgehead atoms. The summed E-state index contributed by atoms with van der Waals surface area (Å²) in [5, 5.41) is 1.63. The summed E-state index contributed by atoms with van der Waals surface area (Å²) in [5.74, 6) is 1.48. The van der Waals surface area contributed by atoms with Crippen LogP contribution in [0.15, 0.2) is 15.7 Å². The molecule has 0 N–H and O–H groups in total. The second-order valence-electron chi connectivity index (χ2n) is 3.64. The summed E-state index contributed by atoms with van der Waals surface area (Å²) in [6, 6.07) is 1.97. The summed E-state index contributed by atoms with van der Waals surface area (Å²) >= 11 is 5.17. The zero-order valence-electron chi connectivity index (χ0n) is 8.91. The SMILES string of the molecule is Cc1nc(Br)cc(SC(C)C(C)C)n1. The van der Waals surface area contributed by atoms with Crippen LogP contribution < -0.4 is 0 Å². The summed E-state index contributed by atoms with van der Waals surface area (Å²) in [5.41, 5.74) is 0. The van der Waals surface area contributed by atoms with Gasteiger partial charge in [-0.05, 0) is 28.8 Å². The zero-order chi connectivity index (χ0) is 10.7. The van der Waals surface area contributed by atoms with Crippen LogP contribution in [-0.4, -0.2) is 15.2 Å². The van der Waals surface area contributed by atoms with E-state index in [0.717, 1.165) is 15.5 Å². The molecule has 0 amide bonds. The monoisotopic (exact) mass is 274 g/mol. The van der Waals surface area contributed by atoms with Crippen LogP contribution >= 0.6 is 27.7 Å². The van der Waals surface area contributed by atoms with Crippen molar-refractivity contribution in [1.82, 2.24) is 9.97 Å². The number of hydrogen-bond donors (Lipinski definition) is 0. The Kier molecular flexibility index (Phi) is 4.38. The van der Waals surface area contributed by atoms with Crippen molar-refractivity contribution in [3.63, 3.8) is 0 Å². The number of hydrogen-bond acceptors (Lipinski definition) is 3. The minimum absolute atomic E-state index is 0.580. The zero-order valence-corrected chi connectivity index (χ0v) is 11.3. The predicted octanol–water partition coefficient (Wildman–Crippen LogP) is 3.68. The Bertz CT molecular complexity index is 295. The third kappa shape index (κ3) is 3.58. The quantitative estimate of drug-likeness (QED) is 0.621. The number of thioether (sulfide) groups is 1. The summed E-state index contributed by atoms with van der Waals surface area (Å²) in [6.07, 6.45) is 0. The lowest BCUT2D eigenvalue weighted by Gasteiger charge is -2.14. The second-order valence-corrected chi connectivity index (χ2v) is 5.85. The Hall–Kier alpha value is -0.0900. The first-order valence-electron chi connectivity index (χ1n) is 4.67. The smallest absolute Gasteiger partial charge is 0.127 e. The van der Waals surface area contributed by atoms with Crippen molar-refractivity contribution in [2.24, 2.45) is 5.92 Å². The number of aromatic nitrogens is 2.